The van der Waals surface area contributed by atoms with Gasteiger partial charge in [0.25, 0.3) is 0 Å². The molecule has 1 unspecified atom stereocenters. The molecule has 0 radical (unpaired) electrons. The van der Waals surface area contributed by atoms with Crippen LogP contribution < -0.4 is 15.0 Å². The van der Waals surface area contributed by atoms with Gasteiger partial charge < -0.3 is 19.9 Å². The van der Waals surface area contributed by atoms with Crippen LogP contribution in [0.25, 0.3) is 22.0 Å². The maximum absolute atomic E-state index is 12.8. The second-order valence-corrected chi connectivity index (χ2v) is 8.77. The Labute approximate surface area is 211 Å². The second kappa shape index (κ2) is 9.96. The Kier molecular flexibility index (Phi) is 6.56. The van der Waals surface area contributed by atoms with Crippen LogP contribution in [0.2, 0.25) is 0 Å². The number of nitrogens with zero attached hydrogens (tertiary/aromatic N) is 4. The van der Waals surface area contributed by atoms with Gasteiger partial charge in [-0.2, -0.15) is 0 Å². The van der Waals surface area contributed by atoms with E-state index in [9.17, 15) is 18.0 Å². The number of anilines is 2. The summed E-state index contributed by atoms with van der Waals surface area (Å²) in [5.41, 5.74) is 2.19. The van der Waals surface area contributed by atoms with Gasteiger partial charge in [0.15, 0.2) is 5.82 Å². The summed E-state index contributed by atoms with van der Waals surface area (Å²) in [4.78, 5) is 16.7. The Morgan fingerprint density at radius 1 is 0.919 bits per heavy atom. The van der Waals surface area contributed by atoms with Crippen LogP contribution in [0.5, 0.6) is 5.75 Å². The second-order valence-electron chi connectivity index (χ2n) is 8.77. The average Bonchev–Trinajstić information content (AvgIpc) is 2.89. The minimum Gasteiger partial charge on any atom is -0.406 e. The number of carbonyl (C=O) groups excluding carboxylic acids is 1. The van der Waals surface area contributed by atoms with Crippen molar-refractivity contribution >= 4 is 28.3 Å². The molecular formula is C27H24F3N5O2. The van der Waals surface area contributed by atoms with E-state index in [0.29, 0.717) is 25.3 Å². The largest absolute Gasteiger partial charge is 0.573 e. The number of hydrogen-bond acceptors (Lipinski definition) is 5. The molecule has 37 heavy (non-hydrogen) atoms. The number of hydrogen-bond donors (Lipinski definition) is 1. The molecule has 190 valence electrons. The zero-order chi connectivity index (χ0) is 26.0. The average molecular weight is 508 g/mol. The number of amides is 2. The van der Waals surface area contributed by atoms with E-state index in [-0.39, 0.29) is 17.8 Å². The van der Waals surface area contributed by atoms with Gasteiger partial charge in [-0.1, -0.05) is 54.6 Å². The quantitative estimate of drug-likeness (QED) is 0.370. The number of ether oxygens (including phenoxy) is 1. The van der Waals surface area contributed by atoms with Crippen LogP contribution in [0.3, 0.4) is 0 Å². The van der Waals surface area contributed by atoms with Gasteiger partial charge in [-0.3, -0.25) is 0 Å². The van der Waals surface area contributed by atoms with E-state index < -0.39 is 6.36 Å². The standard InChI is InChI=1S/C27H24F3N5O2/c1-18-17-34(26(36)31-20-11-13-21(14-12-20)37-27(28,29)30)15-16-35(18)25-23-10-6-5-9-22(23)24(32-33-25)19-7-3-2-4-8-19/h2-14,18H,15-17H2,1H3,(H,31,36). The first-order chi connectivity index (χ1) is 17.8. The topological polar surface area (TPSA) is 70.6 Å². The van der Waals surface area contributed by atoms with Crippen LogP contribution >= 0.6 is 0 Å². The highest BCUT2D eigenvalue weighted by Gasteiger charge is 2.31. The van der Waals surface area contributed by atoms with E-state index in [1.54, 1.807) is 4.90 Å². The molecule has 5 rings (SSSR count). The first kappa shape index (κ1) is 24.4. The molecular weight excluding hydrogens is 483 g/mol. The highest BCUT2D eigenvalue weighted by atomic mass is 19.4. The van der Waals surface area contributed by atoms with Crippen molar-refractivity contribution in [2.24, 2.45) is 0 Å². The van der Waals surface area contributed by atoms with Gasteiger partial charge in [-0.25, -0.2) is 4.79 Å². The third kappa shape index (κ3) is 5.42. The third-order valence-electron chi connectivity index (χ3n) is 6.24. The molecule has 3 aromatic carbocycles. The molecule has 1 saturated heterocycles. The molecule has 7 nitrogen and oxygen atoms in total. The van der Waals surface area contributed by atoms with Gasteiger partial charge >= 0.3 is 12.4 Å². The zero-order valence-electron chi connectivity index (χ0n) is 19.9. The molecule has 10 heteroatoms. The molecule has 0 saturated carbocycles. The van der Waals surface area contributed by atoms with E-state index in [1.165, 1.54) is 12.1 Å². The van der Waals surface area contributed by atoms with Crippen molar-refractivity contribution < 1.29 is 22.7 Å². The number of benzene rings is 3. The fourth-order valence-electron chi connectivity index (χ4n) is 4.51. The van der Waals surface area contributed by atoms with Gasteiger partial charge in [0.2, 0.25) is 0 Å². The van der Waals surface area contributed by atoms with Crippen molar-refractivity contribution in [1.82, 2.24) is 15.1 Å². The molecule has 1 N–H and O–H groups in total. The first-order valence-corrected chi connectivity index (χ1v) is 11.8. The van der Waals surface area contributed by atoms with Crippen LogP contribution in [-0.2, 0) is 0 Å². The minimum absolute atomic E-state index is 0.0395. The van der Waals surface area contributed by atoms with Crippen molar-refractivity contribution in [2.45, 2.75) is 19.3 Å². The van der Waals surface area contributed by atoms with Crippen molar-refractivity contribution in [3.05, 3.63) is 78.9 Å². The number of rotatable bonds is 4. The van der Waals surface area contributed by atoms with E-state index >= 15 is 0 Å². The maximum atomic E-state index is 12.8. The summed E-state index contributed by atoms with van der Waals surface area (Å²) < 4.78 is 40.9. The Bertz CT molecular complexity index is 1400. The number of halogens is 3. The van der Waals surface area contributed by atoms with E-state index in [2.05, 4.69) is 25.2 Å². The van der Waals surface area contributed by atoms with Crippen LogP contribution in [-0.4, -0.2) is 53.2 Å². The zero-order valence-corrected chi connectivity index (χ0v) is 19.9. The number of carbonyl (C=O) groups is 1. The molecule has 0 bridgehead atoms. The molecule has 1 atom stereocenters. The Hall–Kier alpha value is -4.34. The Balaban J connectivity index is 1.29. The summed E-state index contributed by atoms with van der Waals surface area (Å²) in [6.07, 6.45) is -4.77. The molecule has 1 fully saturated rings. The lowest BCUT2D eigenvalue weighted by Crippen LogP contribution is -2.55. The van der Waals surface area contributed by atoms with Gasteiger partial charge in [-0.15, -0.1) is 23.4 Å². The minimum atomic E-state index is -4.77. The molecule has 1 aliphatic rings. The predicted octanol–water partition coefficient (Wildman–Crippen LogP) is 5.94. The normalized spacial score (nSPS) is 16.1. The maximum Gasteiger partial charge on any atom is 0.573 e. The molecule has 2 amide bonds. The first-order valence-electron chi connectivity index (χ1n) is 11.8. The van der Waals surface area contributed by atoms with E-state index in [0.717, 1.165) is 40.0 Å². The van der Waals surface area contributed by atoms with Gasteiger partial charge in [0.05, 0.1) is 0 Å². The van der Waals surface area contributed by atoms with Gasteiger partial charge in [0.1, 0.15) is 11.4 Å². The Morgan fingerprint density at radius 3 is 2.27 bits per heavy atom. The summed E-state index contributed by atoms with van der Waals surface area (Å²) in [5, 5.41) is 13.9. The summed E-state index contributed by atoms with van der Waals surface area (Å²) in [7, 11) is 0. The van der Waals surface area contributed by atoms with Crippen molar-refractivity contribution in [3.8, 4) is 17.0 Å². The molecule has 0 aliphatic carbocycles. The smallest absolute Gasteiger partial charge is 0.406 e. The fraction of sp³-hybridized carbons (Fsp3) is 0.222. The Morgan fingerprint density at radius 2 is 1.59 bits per heavy atom. The van der Waals surface area contributed by atoms with Gasteiger partial charge in [-0.05, 0) is 31.2 Å². The van der Waals surface area contributed by atoms with Gasteiger partial charge in [0, 0.05) is 47.7 Å². The molecule has 1 aliphatic heterocycles. The summed E-state index contributed by atoms with van der Waals surface area (Å²) in [6, 6.07) is 22.6. The van der Waals surface area contributed by atoms with Crippen LogP contribution in [0.4, 0.5) is 29.5 Å². The third-order valence-corrected chi connectivity index (χ3v) is 6.24. The molecule has 4 aromatic rings. The summed E-state index contributed by atoms with van der Waals surface area (Å²) in [6.45, 7) is 3.46. The van der Waals surface area contributed by atoms with Crippen LogP contribution in [0.1, 0.15) is 6.92 Å². The molecule has 2 heterocycles. The molecule has 0 spiro atoms. The highest BCUT2D eigenvalue weighted by molar-refractivity contribution is 6.00. The number of urea groups is 1. The summed E-state index contributed by atoms with van der Waals surface area (Å²) in [5.74, 6) is 0.419. The van der Waals surface area contributed by atoms with Crippen LogP contribution in [0, 0.1) is 0 Å². The van der Waals surface area contributed by atoms with Crippen molar-refractivity contribution in [1.29, 1.82) is 0 Å². The number of aromatic nitrogens is 2. The summed E-state index contributed by atoms with van der Waals surface area (Å²) >= 11 is 0. The fourth-order valence-corrected chi connectivity index (χ4v) is 4.51. The molecule has 1 aromatic heterocycles. The van der Waals surface area contributed by atoms with Crippen molar-refractivity contribution in [3.63, 3.8) is 0 Å². The highest BCUT2D eigenvalue weighted by Crippen LogP contribution is 2.33. The SMILES string of the molecule is CC1CN(C(=O)Nc2ccc(OC(F)(F)F)cc2)CCN1c1nnc(-c2ccccc2)c2ccccc12. The number of piperazine rings is 1. The lowest BCUT2D eigenvalue weighted by atomic mass is 10.0. The predicted molar refractivity (Wildman–Crippen MR) is 135 cm³/mol. The van der Waals surface area contributed by atoms with Crippen LogP contribution in [0.15, 0.2) is 78.9 Å². The number of fused-ring (bicyclic) bond motifs is 1. The van der Waals surface area contributed by atoms with E-state index in [1.807, 2.05) is 61.5 Å². The van der Waals surface area contributed by atoms with Crippen molar-refractivity contribution in [2.75, 3.05) is 29.9 Å². The lowest BCUT2D eigenvalue weighted by molar-refractivity contribution is -0.274. The number of alkyl halides is 3. The van der Waals surface area contributed by atoms with E-state index in [4.69, 9.17) is 0 Å². The monoisotopic (exact) mass is 507 g/mol. The lowest BCUT2D eigenvalue weighted by Gasteiger charge is -2.40. The number of nitrogens with one attached hydrogen (secondary N) is 1.